The lowest BCUT2D eigenvalue weighted by Gasteiger charge is -2.26. The molecule has 0 aromatic carbocycles. The van der Waals surface area contributed by atoms with E-state index in [1.165, 1.54) is 11.7 Å². The first-order chi connectivity index (χ1) is 16.8. The highest BCUT2D eigenvalue weighted by Gasteiger charge is 2.60. The quantitative estimate of drug-likeness (QED) is 0.417. The van der Waals surface area contributed by atoms with Gasteiger partial charge in [0.2, 0.25) is 17.9 Å². The van der Waals surface area contributed by atoms with Gasteiger partial charge < -0.3 is 24.7 Å². The molecule has 0 radical (unpaired) electrons. The Balaban J connectivity index is 1.89. The maximum atomic E-state index is 15.5. The van der Waals surface area contributed by atoms with Gasteiger partial charge in [-0.1, -0.05) is 0 Å². The summed E-state index contributed by atoms with van der Waals surface area (Å²) < 4.78 is 78.4. The number of hydrogen-bond donors (Lipinski definition) is 1. The fourth-order valence-electron chi connectivity index (χ4n) is 4.18. The van der Waals surface area contributed by atoms with E-state index in [9.17, 15) is 27.6 Å². The largest absolute Gasteiger partial charge is 0.479 e. The Morgan fingerprint density at radius 1 is 1.22 bits per heavy atom. The summed E-state index contributed by atoms with van der Waals surface area (Å²) in [5, 5.41) is 0. The monoisotopic (exact) mass is 521 g/mol. The molecule has 0 bridgehead atoms. The van der Waals surface area contributed by atoms with Gasteiger partial charge in [-0.3, -0.25) is 14.2 Å². The maximum Gasteiger partial charge on any atom is 0.428 e. The smallest absolute Gasteiger partial charge is 0.428 e. The average Bonchev–Trinajstić information content (AvgIpc) is 3.49. The molecule has 0 amide bonds. The van der Waals surface area contributed by atoms with E-state index in [1.54, 1.807) is 0 Å². The molecule has 5 atom stereocenters. The predicted molar refractivity (Wildman–Crippen MR) is 111 cm³/mol. The summed E-state index contributed by atoms with van der Waals surface area (Å²) in [5.74, 6) is -2.70. The standard InChI is InChI=1S/C20H23F4N5O7/c1-7(30)34-13-10(21)12(14(20(22,23)24)35-8(2)31)36-17(13)29-15-11(16(33-3)27-18(25)26-15)28(19(29)32)6-9-4-5-9/h9-10,12-14,17H,4-6H2,1-3H3,(H2,25,26,27)/t10-,12-,13+,14?,17+/m0/s1. The summed E-state index contributed by atoms with van der Waals surface area (Å²) in [5.41, 5.74) is 4.72. The van der Waals surface area contributed by atoms with Gasteiger partial charge >= 0.3 is 23.8 Å². The number of anilines is 1. The van der Waals surface area contributed by atoms with Crippen molar-refractivity contribution < 1.29 is 46.1 Å². The van der Waals surface area contributed by atoms with Crippen LogP contribution in [-0.2, 0) is 30.3 Å². The van der Waals surface area contributed by atoms with Gasteiger partial charge in [-0.05, 0) is 18.8 Å². The number of carbonyl (C=O) groups excluding carboxylic acids is 2. The van der Waals surface area contributed by atoms with Gasteiger partial charge in [0.1, 0.15) is 6.10 Å². The molecule has 1 unspecified atom stereocenters. The Bertz CT molecular complexity index is 1240. The minimum absolute atomic E-state index is 0.0555. The van der Waals surface area contributed by atoms with Crippen molar-refractivity contribution in [3.05, 3.63) is 10.5 Å². The highest BCUT2D eigenvalue weighted by Crippen LogP contribution is 2.42. The van der Waals surface area contributed by atoms with Crippen LogP contribution in [0.3, 0.4) is 0 Å². The average molecular weight is 521 g/mol. The molecular formula is C20H23F4N5O7. The number of carbonyl (C=O) groups is 2. The molecular weight excluding hydrogens is 498 g/mol. The number of nitrogens with two attached hydrogens (primary N) is 1. The lowest BCUT2D eigenvalue weighted by atomic mass is 10.1. The summed E-state index contributed by atoms with van der Waals surface area (Å²) >= 11 is 0. The second kappa shape index (κ2) is 9.22. The van der Waals surface area contributed by atoms with Crippen LogP contribution in [0.4, 0.5) is 23.5 Å². The molecule has 36 heavy (non-hydrogen) atoms. The number of imidazole rings is 1. The van der Waals surface area contributed by atoms with Crippen LogP contribution in [0.1, 0.15) is 32.9 Å². The first-order valence-corrected chi connectivity index (χ1v) is 10.9. The van der Waals surface area contributed by atoms with Gasteiger partial charge in [-0.15, -0.1) is 0 Å². The van der Waals surface area contributed by atoms with E-state index in [1.807, 2.05) is 0 Å². The number of halogens is 4. The lowest BCUT2D eigenvalue weighted by molar-refractivity contribution is -0.252. The molecule has 12 nitrogen and oxygen atoms in total. The summed E-state index contributed by atoms with van der Waals surface area (Å²) in [6, 6.07) is 0. The third kappa shape index (κ3) is 4.68. The van der Waals surface area contributed by atoms with Crippen molar-refractivity contribution in [1.82, 2.24) is 19.1 Å². The second-order valence-electron chi connectivity index (χ2n) is 8.55. The summed E-state index contributed by atoms with van der Waals surface area (Å²) in [7, 11) is 1.26. The molecule has 2 aromatic heterocycles. The molecule has 0 spiro atoms. The number of methoxy groups -OCH3 is 1. The van der Waals surface area contributed by atoms with Crippen molar-refractivity contribution in [2.75, 3.05) is 12.8 Å². The second-order valence-corrected chi connectivity index (χ2v) is 8.55. The van der Waals surface area contributed by atoms with Crippen LogP contribution in [0.25, 0.3) is 11.2 Å². The molecule has 2 N–H and O–H groups in total. The minimum Gasteiger partial charge on any atom is -0.479 e. The third-order valence-electron chi connectivity index (χ3n) is 5.79. The summed E-state index contributed by atoms with van der Waals surface area (Å²) in [6.45, 7) is 1.81. The van der Waals surface area contributed by atoms with Crippen LogP contribution in [0, 0.1) is 5.92 Å². The number of alkyl halides is 4. The molecule has 4 rings (SSSR count). The number of rotatable bonds is 7. The van der Waals surface area contributed by atoms with Crippen molar-refractivity contribution in [3.63, 3.8) is 0 Å². The van der Waals surface area contributed by atoms with Crippen LogP contribution >= 0.6 is 0 Å². The fraction of sp³-hybridized carbons (Fsp3) is 0.650. The normalized spacial score (nSPS) is 25.1. The van der Waals surface area contributed by atoms with E-state index in [2.05, 4.69) is 14.7 Å². The van der Waals surface area contributed by atoms with Gasteiger partial charge in [0, 0.05) is 20.4 Å². The van der Waals surface area contributed by atoms with E-state index in [4.69, 9.17) is 19.9 Å². The molecule has 1 saturated carbocycles. The fourth-order valence-corrected chi connectivity index (χ4v) is 4.18. The zero-order valence-corrected chi connectivity index (χ0v) is 19.3. The Morgan fingerprint density at radius 3 is 2.42 bits per heavy atom. The zero-order chi connectivity index (χ0) is 26.5. The molecule has 2 aliphatic rings. The number of esters is 2. The Labute approximate surface area is 200 Å². The van der Waals surface area contributed by atoms with Gasteiger partial charge in [-0.2, -0.15) is 23.1 Å². The third-order valence-corrected chi connectivity index (χ3v) is 5.79. The first kappa shape index (κ1) is 25.7. The van der Waals surface area contributed by atoms with Crippen LogP contribution in [0.15, 0.2) is 4.79 Å². The number of ether oxygens (including phenoxy) is 4. The van der Waals surface area contributed by atoms with Gasteiger partial charge in [0.05, 0.1) is 7.11 Å². The van der Waals surface area contributed by atoms with Crippen molar-refractivity contribution in [3.8, 4) is 5.88 Å². The number of hydrogen-bond acceptors (Lipinski definition) is 10. The molecule has 3 heterocycles. The summed E-state index contributed by atoms with van der Waals surface area (Å²) in [6.07, 6.45) is -15.7. The lowest BCUT2D eigenvalue weighted by Crippen LogP contribution is -2.47. The van der Waals surface area contributed by atoms with Gasteiger partial charge in [0.25, 0.3) is 0 Å². The molecule has 2 fully saturated rings. The Morgan fingerprint density at radius 2 is 1.89 bits per heavy atom. The topological polar surface area (TPSA) is 150 Å². The van der Waals surface area contributed by atoms with Crippen molar-refractivity contribution in [2.24, 2.45) is 5.92 Å². The highest BCUT2D eigenvalue weighted by molar-refractivity contribution is 5.78. The molecule has 198 valence electrons. The van der Waals surface area contributed by atoms with Crippen LogP contribution < -0.4 is 16.2 Å². The van der Waals surface area contributed by atoms with E-state index in [0.29, 0.717) is 6.92 Å². The van der Waals surface area contributed by atoms with E-state index >= 15 is 4.39 Å². The number of aromatic nitrogens is 4. The van der Waals surface area contributed by atoms with Crippen molar-refractivity contribution in [1.29, 1.82) is 0 Å². The van der Waals surface area contributed by atoms with Gasteiger partial charge in [0.15, 0.2) is 29.7 Å². The maximum absolute atomic E-state index is 15.5. The number of fused-ring (bicyclic) bond motifs is 1. The Kier molecular flexibility index (Phi) is 6.57. The summed E-state index contributed by atoms with van der Waals surface area (Å²) in [4.78, 5) is 44.5. The van der Waals surface area contributed by atoms with E-state index in [-0.39, 0.29) is 35.5 Å². The number of nitrogens with zero attached hydrogens (tertiary/aromatic N) is 4. The molecule has 1 aliphatic heterocycles. The highest BCUT2D eigenvalue weighted by atomic mass is 19.4. The molecule has 1 saturated heterocycles. The van der Waals surface area contributed by atoms with Gasteiger partial charge in [-0.25, -0.2) is 13.8 Å². The zero-order valence-electron chi connectivity index (χ0n) is 19.3. The van der Waals surface area contributed by atoms with Crippen molar-refractivity contribution in [2.45, 2.75) is 70.1 Å². The van der Waals surface area contributed by atoms with Crippen molar-refractivity contribution >= 4 is 29.1 Å². The van der Waals surface area contributed by atoms with Crippen LogP contribution in [0.2, 0.25) is 0 Å². The van der Waals surface area contributed by atoms with Crippen LogP contribution in [-0.4, -0.2) is 68.8 Å². The Hall–Kier alpha value is -3.43. The van der Waals surface area contributed by atoms with E-state index < -0.39 is 54.5 Å². The van der Waals surface area contributed by atoms with Crippen LogP contribution in [0.5, 0.6) is 5.88 Å². The molecule has 16 heteroatoms. The molecule has 2 aromatic rings. The SMILES string of the molecule is COc1nc(N)nc2c1n(CC1CC1)c(=O)n2[C@@H]1O[C@H](C(OC(C)=O)C(F)(F)F)[C@H](F)[C@H]1OC(C)=O. The first-order valence-electron chi connectivity index (χ1n) is 10.9. The number of nitrogen functional groups attached to an aromatic ring is 1. The minimum atomic E-state index is -5.24. The molecule has 1 aliphatic carbocycles. The van der Waals surface area contributed by atoms with E-state index in [0.717, 1.165) is 24.3 Å². The predicted octanol–water partition coefficient (Wildman–Crippen LogP) is 1.25.